The summed E-state index contributed by atoms with van der Waals surface area (Å²) in [5.41, 5.74) is 5.22. The van der Waals surface area contributed by atoms with Gasteiger partial charge < -0.3 is 15.2 Å². The van der Waals surface area contributed by atoms with Gasteiger partial charge in [0.2, 0.25) is 5.91 Å². The van der Waals surface area contributed by atoms with Gasteiger partial charge in [0.05, 0.1) is 15.6 Å². The third-order valence-electron chi connectivity index (χ3n) is 5.55. The molecule has 152 valence electrons. The predicted molar refractivity (Wildman–Crippen MR) is 121 cm³/mol. The monoisotopic (exact) mass is 429 g/mol. The van der Waals surface area contributed by atoms with Gasteiger partial charge in [-0.1, -0.05) is 49.2 Å². The Bertz CT molecular complexity index is 1070. The maximum Gasteiger partial charge on any atom is 0.244 e. The van der Waals surface area contributed by atoms with Crippen LogP contribution in [0.15, 0.2) is 36.4 Å². The van der Waals surface area contributed by atoms with Crippen LogP contribution in [0, 0.1) is 0 Å². The predicted octanol–water partition coefficient (Wildman–Crippen LogP) is 5.40. The first-order chi connectivity index (χ1) is 14.0. The fourth-order valence-corrected chi connectivity index (χ4v) is 4.65. The Morgan fingerprint density at radius 1 is 1.14 bits per heavy atom. The molecule has 0 aliphatic carbocycles. The van der Waals surface area contributed by atoms with E-state index < -0.39 is 0 Å². The SMILES string of the molecule is CC(C)c1cccc(NC(=O)Cn2c3c(c4c(Cl)ccc(Cl)c42)CCNCC3)c1. The highest BCUT2D eigenvalue weighted by Crippen LogP contribution is 2.37. The standard InChI is InChI=1S/C23H25Cl2N3O/c1-14(2)15-4-3-5-16(12-15)27-21(29)13-28-20-9-11-26-10-8-17(20)22-18(24)6-7-19(25)23(22)28/h3-7,12,14,26H,8-11,13H2,1-2H3,(H,27,29). The fourth-order valence-electron chi connectivity index (χ4n) is 4.13. The van der Waals surface area contributed by atoms with Crippen molar-refractivity contribution in [2.45, 2.75) is 39.2 Å². The zero-order valence-electron chi connectivity index (χ0n) is 16.7. The lowest BCUT2D eigenvalue weighted by molar-refractivity contribution is -0.116. The number of aromatic nitrogens is 1. The molecule has 3 aromatic rings. The van der Waals surface area contributed by atoms with Crippen LogP contribution in [0.5, 0.6) is 0 Å². The van der Waals surface area contributed by atoms with E-state index in [1.807, 2.05) is 34.9 Å². The van der Waals surface area contributed by atoms with Crippen LogP contribution in [-0.2, 0) is 24.2 Å². The van der Waals surface area contributed by atoms with Crippen molar-refractivity contribution in [3.8, 4) is 0 Å². The van der Waals surface area contributed by atoms with Crippen molar-refractivity contribution in [1.82, 2.24) is 9.88 Å². The topological polar surface area (TPSA) is 46.1 Å². The van der Waals surface area contributed by atoms with Gasteiger partial charge in [0, 0.05) is 29.7 Å². The number of anilines is 1. The van der Waals surface area contributed by atoms with Crippen LogP contribution in [0.25, 0.3) is 10.9 Å². The van der Waals surface area contributed by atoms with Crippen LogP contribution < -0.4 is 10.6 Å². The summed E-state index contributed by atoms with van der Waals surface area (Å²) in [5.74, 6) is 0.336. The van der Waals surface area contributed by atoms with Crippen LogP contribution in [0.4, 0.5) is 5.69 Å². The Morgan fingerprint density at radius 2 is 1.90 bits per heavy atom. The number of fused-ring (bicyclic) bond motifs is 3. The number of carbonyl (C=O) groups is 1. The highest BCUT2D eigenvalue weighted by Gasteiger charge is 2.23. The number of amides is 1. The quantitative estimate of drug-likeness (QED) is 0.582. The highest BCUT2D eigenvalue weighted by atomic mass is 35.5. The number of rotatable bonds is 4. The Kier molecular flexibility index (Phi) is 5.86. The summed E-state index contributed by atoms with van der Waals surface area (Å²) in [5, 5.41) is 8.76. The lowest BCUT2D eigenvalue weighted by Crippen LogP contribution is -2.21. The molecule has 0 unspecified atom stereocenters. The van der Waals surface area contributed by atoms with E-state index in [1.54, 1.807) is 0 Å². The average Bonchev–Trinajstić information content (AvgIpc) is 2.84. The van der Waals surface area contributed by atoms with Crippen molar-refractivity contribution < 1.29 is 4.79 Å². The molecule has 1 aliphatic rings. The maximum absolute atomic E-state index is 12.9. The minimum Gasteiger partial charge on any atom is -0.334 e. The Hall–Kier alpha value is -2.01. The molecule has 4 rings (SSSR count). The van der Waals surface area contributed by atoms with Crippen LogP contribution in [0.1, 0.15) is 36.6 Å². The first kappa shape index (κ1) is 20.3. The molecule has 1 aromatic heterocycles. The summed E-state index contributed by atoms with van der Waals surface area (Å²) in [7, 11) is 0. The lowest BCUT2D eigenvalue weighted by Gasteiger charge is -2.13. The number of halogens is 2. The summed E-state index contributed by atoms with van der Waals surface area (Å²) in [6.45, 7) is 6.25. The van der Waals surface area contributed by atoms with Gasteiger partial charge in [-0.15, -0.1) is 0 Å². The van der Waals surface area contributed by atoms with Crippen LogP contribution in [0.3, 0.4) is 0 Å². The molecule has 2 heterocycles. The molecule has 4 nitrogen and oxygen atoms in total. The molecule has 0 radical (unpaired) electrons. The van der Waals surface area contributed by atoms with E-state index in [0.717, 1.165) is 48.2 Å². The number of hydrogen-bond acceptors (Lipinski definition) is 2. The molecule has 2 N–H and O–H groups in total. The number of carbonyl (C=O) groups excluding carboxylic acids is 1. The van der Waals surface area contributed by atoms with Gasteiger partial charge in [-0.25, -0.2) is 0 Å². The van der Waals surface area contributed by atoms with E-state index in [-0.39, 0.29) is 12.5 Å². The molecule has 1 aliphatic heterocycles. The Morgan fingerprint density at radius 3 is 2.69 bits per heavy atom. The fraction of sp³-hybridized carbons (Fsp3) is 0.348. The summed E-state index contributed by atoms with van der Waals surface area (Å²) >= 11 is 13.1. The van der Waals surface area contributed by atoms with Crippen molar-refractivity contribution in [2.75, 3.05) is 18.4 Å². The number of hydrogen-bond donors (Lipinski definition) is 2. The molecule has 2 aromatic carbocycles. The van der Waals surface area contributed by atoms with Gasteiger partial charge in [-0.05, 0) is 54.3 Å². The number of nitrogens with zero attached hydrogens (tertiary/aromatic N) is 1. The van der Waals surface area contributed by atoms with Crippen LogP contribution >= 0.6 is 23.2 Å². The van der Waals surface area contributed by atoms with Gasteiger partial charge in [-0.3, -0.25) is 4.79 Å². The summed E-state index contributed by atoms with van der Waals surface area (Å²) < 4.78 is 2.05. The first-order valence-corrected chi connectivity index (χ1v) is 10.8. The third kappa shape index (κ3) is 4.02. The molecular formula is C23H25Cl2N3O. The summed E-state index contributed by atoms with van der Waals surface area (Å²) in [6.07, 6.45) is 1.71. The van der Waals surface area contributed by atoms with E-state index >= 15 is 0 Å². The van der Waals surface area contributed by atoms with E-state index in [9.17, 15) is 4.79 Å². The van der Waals surface area contributed by atoms with E-state index in [0.29, 0.717) is 16.0 Å². The number of nitrogens with one attached hydrogen (secondary N) is 2. The van der Waals surface area contributed by atoms with E-state index in [2.05, 4.69) is 30.5 Å². The van der Waals surface area contributed by atoms with Crippen molar-refractivity contribution in [2.24, 2.45) is 0 Å². The highest BCUT2D eigenvalue weighted by molar-refractivity contribution is 6.40. The largest absolute Gasteiger partial charge is 0.334 e. The van der Waals surface area contributed by atoms with Gasteiger partial charge in [0.15, 0.2) is 0 Å². The molecular weight excluding hydrogens is 405 g/mol. The van der Waals surface area contributed by atoms with Crippen molar-refractivity contribution in [3.05, 3.63) is 63.3 Å². The van der Waals surface area contributed by atoms with Crippen molar-refractivity contribution >= 4 is 45.7 Å². The van der Waals surface area contributed by atoms with Gasteiger partial charge in [0.25, 0.3) is 0 Å². The normalized spacial score (nSPS) is 14.1. The zero-order chi connectivity index (χ0) is 20.5. The molecule has 0 bridgehead atoms. The third-order valence-corrected chi connectivity index (χ3v) is 6.17. The smallest absolute Gasteiger partial charge is 0.244 e. The molecule has 29 heavy (non-hydrogen) atoms. The Labute approximate surface area is 181 Å². The maximum atomic E-state index is 12.9. The molecule has 0 saturated carbocycles. The van der Waals surface area contributed by atoms with Gasteiger partial charge in [-0.2, -0.15) is 0 Å². The molecule has 0 atom stereocenters. The van der Waals surface area contributed by atoms with Gasteiger partial charge in [0.1, 0.15) is 6.54 Å². The molecule has 1 amide bonds. The van der Waals surface area contributed by atoms with Crippen molar-refractivity contribution in [3.63, 3.8) is 0 Å². The second-order valence-corrected chi connectivity index (χ2v) is 8.66. The van der Waals surface area contributed by atoms with E-state index in [4.69, 9.17) is 23.2 Å². The minimum atomic E-state index is -0.0705. The minimum absolute atomic E-state index is 0.0705. The zero-order valence-corrected chi connectivity index (χ0v) is 18.2. The molecule has 0 spiro atoms. The molecule has 6 heteroatoms. The summed E-state index contributed by atoms with van der Waals surface area (Å²) in [6, 6.07) is 11.7. The van der Waals surface area contributed by atoms with Crippen LogP contribution in [-0.4, -0.2) is 23.6 Å². The average molecular weight is 430 g/mol. The number of benzene rings is 2. The lowest BCUT2D eigenvalue weighted by atomic mass is 10.0. The van der Waals surface area contributed by atoms with E-state index in [1.165, 1.54) is 11.1 Å². The second kappa shape index (κ2) is 8.39. The molecule has 0 fully saturated rings. The molecule has 0 saturated heterocycles. The van der Waals surface area contributed by atoms with Crippen molar-refractivity contribution in [1.29, 1.82) is 0 Å². The van der Waals surface area contributed by atoms with Gasteiger partial charge >= 0.3 is 0 Å². The first-order valence-electron chi connectivity index (χ1n) is 10.0. The van der Waals surface area contributed by atoms with Crippen LogP contribution in [0.2, 0.25) is 10.0 Å². The second-order valence-electron chi connectivity index (χ2n) is 7.84. The summed E-state index contributed by atoms with van der Waals surface area (Å²) in [4.78, 5) is 12.9. The Balaban J connectivity index is 1.71.